The van der Waals surface area contributed by atoms with E-state index in [1.165, 1.54) is 11.4 Å². The van der Waals surface area contributed by atoms with Gasteiger partial charge in [0.05, 0.1) is 11.9 Å². The molecule has 0 radical (unpaired) electrons. The number of sulfonamides is 1. The third-order valence-electron chi connectivity index (χ3n) is 2.49. The van der Waals surface area contributed by atoms with Gasteiger partial charge in [-0.1, -0.05) is 30.3 Å². The molecule has 0 heterocycles. The summed E-state index contributed by atoms with van der Waals surface area (Å²) in [5.41, 5.74) is 1.00. The minimum atomic E-state index is -3.28. The molecule has 1 atom stereocenters. The molecule has 0 aromatic heterocycles. The van der Waals surface area contributed by atoms with E-state index in [0.29, 0.717) is 6.42 Å². The van der Waals surface area contributed by atoms with Crippen LogP contribution in [0, 0.1) is 0 Å². The quantitative estimate of drug-likeness (QED) is 0.822. The molecule has 96 valence electrons. The molecule has 5 heteroatoms. The molecule has 1 unspecified atom stereocenters. The standard InChI is InChI=1S/C12H19NO3S/c1-11(14)10-13(2)17(15,16)9-8-12-6-4-3-5-7-12/h3-7,11,14H,8-10H2,1-2H3. The van der Waals surface area contributed by atoms with Crippen LogP contribution in [0.2, 0.25) is 0 Å². The number of aliphatic hydroxyl groups excluding tert-OH is 1. The van der Waals surface area contributed by atoms with Crippen molar-refractivity contribution in [1.82, 2.24) is 4.31 Å². The molecular formula is C12H19NO3S. The summed E-state index contributed by atoms with van der Waals surface area (Å²) in [6, 6.07) is 9.49. The van der Waals surface area contributed by atoms with Crippen LogP contribution in [0.4, 0.5) is 0 Å². The molecule has 1 aromatic rings. The number of hydrogen-bond acceptors (Lipinski definition) is 3. The number of rotatable bonds is 6. The Balaban J connectivity index is 2.56. The normalized spacial score (nSPS) is 13.9. The summed E-state index contributed by atoms with van der Waals surface area (Å²) in [5.74, 6) is 0.0697. The largest absolute Gasteiger partial charge is 0.392 e. The average Bonchev–Trinajstić information content (AvgIpc) is 2.27. The molecular weight excluding hydrogens is 238 g/mol. The van der Waals surface area contributed by atoms with Gasteiger partial charge in [0.1, 0.15) is 0 Å². The first-order valence-corrected chi connectivity index (χ1v) is 7.19. The van der Waals surface area contributed by atoms with Crippen molar-refractivity contribution in [2.24, 2.45) is 0 Å². The maximum atomic E-state index is 11.9. The summed E-state index contributed by atoms with van der Waals surface area (Å²) in [6.45, 7) is 1.71. The highest BCUT2D eigenvalue weighted by Gasteiger charge is 2.18. The van der Waals surface area contributed by atoms with Crippen LogP contribution in [0.5, 0.6) is 0 Å². The van der Waals surface area contributed by atoms with Gasteiger partial charge in [0.2, 0.25) is 10.0 Å². The molecule has 17 heavy (non-hydrogen) atoms. The highest BCUT2D eigenvalue weighted by atomic mass is 32.2. The van der Waals surface area contributed by atoms with Crippen molar-refractivity contribution in [2.75, 3.05) is 19.3 Å². The molecule has 0 saturated heterocycles. The van der Waals surface area contributed by atoms with Gasteiger partial charge >= 0.3 is 0 Å². The van der Waals surface area contributed by atoms with Crippen LogP contribution < -0.4 is 0 Å². The molecule has 1 N–H and O–H groups in total. The first kappa shape index (κ1) is 14.2. The summed E-state index contributed by atoms with van der Waals surface area (Å²) in [6.07, 6.45) is -0.153. The Kier molecular flexibility index (Phi) is 5.11. The molecule has 0 saturated carbocycles. The van der Waals surface area contributed by atoms with Crippen LogP contribution in [-0.4, -0.2) is 43.3 Å². The lowest BCUT2D eigenvalue weighted by molar-refractivity contribution is 0.171. The molecule has 0 bridgehead atoms. The van der Waals surface area contributed by atoms with Crippen LogP contribution >= 0.6 is 0 Å². The Morgan fingerprint density at radius 2 is 1.88 bits per heavy atom. The number of nitrogens with zero attached hydrogens (tertiary/aromatic N) is 1. The molecule has 0 aliphatic carbocycles. The maximum Gasteiger partial charge on any atom is 0.214 e. The second-order valence-corrected chi connectivity index (χ2v) is 6.38. The van der Waals surface area contributed by atoms with Gasteiger partial charge < -0.3 is 5.11 Å². The van der Waals surface area contributed by atoms with Gasteiger partial charge in [-0.2, -0.15) is 0 Å². The SMILES string of the molecule is CC(O)CN(C)S(=O)(=O)CCc1ccccc1. The predicted molar refractivity (Wildman–Crippen MR) is 68.2 cm³/mol. The molecule has 1 rings (SSSR count). The van der Waals surface area contributed by atoms with E-state index in [0.717, 1.165) is 5.56 Å². The Morgan fingerprint density at radius 1 is 1.29 bits per heavy atom. The predicted octanol–water partition coefficient (Wildman–Crippen LogP) is 0.871. The zero-order chi connectivity index (χ0) is 12.9. The lowest BCUT2D eigenvalue weighted by Crippen LogP contribution is -2.35. The van der Waals surface area contributed by atoms with Gasteiger partial charge in [0.15, 0.2) is 0 Å². The van der Waals surface area contributed by atoms with Crippen molar-refractivity contribution in [3.05, 3.63) is 35.9 Å². The molecule has 0 amide bonds. The van der Waals surface area contributed by atoms with Crippen LogP contribution in [-0.2, 0) is 16.4 Å². The minimum Gasteiger partial charge on any atom is -0.392 e. The molecule has 1 aromatic carbocycles. The van der Waals surface area contributed by atoms with Crippen molar-refractivity contribution < 1.29 is 13.5 Å². The topological polar surface area (TPSA) is 57.6 Å². The van der Waals surface area contributed by atoms with E-state index in [1.54, 1.807) is 6.92 Å². The third kappa shape index (κ3) is 4.85. The van der Waals surface area contributed by atoms with Crippen LogP contribution in [0.15, 0.2) is 30.3 Å². The number of aliphatic hydroxyl groups is 1. The summed E-state index contributed by atoms with van der Waals surface area (Å²) in [5, 5.41) is 9.17. The van der Waals surface area contributed by atoms with E-state index < -0.39 is 16.1 Å². The summed E-state index contributed by atoms with van der Waals surface area (Å²) in [4.78, 5) is 0. The van der Waals surface area contributed by atoms with E-state index in [9.17, 15) is 8.42 Å². The highest BCUT2D eigenvalue weighted by molar-refractivity contribution is 7.89. The van der Waals surface area contributed by atoms with Crippen molar-refractivity contribution in [1.29, 1.82) is 0 Å². The zero-order valence-corrected chi connectivity index (χ0v) is 11.0. The Morgan fingerprint density at radius 3 is 2.41 bits per heavy atom. The molecule has 0 fully saturated rings. The van der Waals surface area contributed by atoms with Crippen LogP contribution in [0.1, 0.15) is 12.5 Å². The molecule has 0 aliphatic heterocycles. The number of benzene rings is 1. The fraction of sp³-hybridized carbons (Fsp3) is 0.500. The summed E-state index contributed by atoms with van der Waals surface area (Å²) < 4.78 is 24.9. The Labute approximate surface area is 103 Å². The fourth-order valence-corrected chi connectivity index (χ4v) is 2.78. The van der Waals surface area contributed by atoms with E-state index in [1.807, 2.05) is 30.3 Å². The van der Waals surface area contributed by atoms with Crippen LogP contribution in [0.3, 0.4) is 0 Å². The molecule has 4 nitrogen and oxygen atoms in total. The summed E-state index contributed by atoms with van der Waals surface area (Å²) in [7, 11) is -1.79. The van der Waals surface area contributed by atoms with Crippen LogP contribution in [0.25, 0.3) is 0 Å². The number of hydrogen-bond donors (Lipinski definition) is 1. The first-order chi connectivity index (χ1) is 7.92. The highest BCUT2D eigenvalue weighted by Crippen LogP contribution is 2.05. The third-order valence-corrected chi connectivity index (χ3v) is 4.31. The van der Waals surface area contributed by atoms with Gasteiger partial charge in [-0.3, -0.25) is 0 Å². The maximum absolute atomic E-state index is 11.9. The van der Waals surface area contributed by atoms with E-state index in [4.69, 9.17) is 5.11 Å². The Hall–Kier alpha value is -0.910. The van der Waals surface area contributed by atoms with Gasteiger partial charge in [-0.25, -0.2) is 12.7 Å². The number of aryl methyl sites for hydroxylation is 1. The van der Waals surface area contributed by atoms with Crippen molar-refractivity contribution in [3.63, 3.8) is 0 Å². The Bertz CT molecular complexity index is 428. The lowest BCUT2D eigenvalue weighted by atomic mass is 10.2. The van der Waals surface area contributed by atoms with Gasteiger partial charge in [-0.15, -0.1) is 0 Å². The molecule has 0 aliphatic rings. The summed E-state index contributed by atoms with van der Waals surface area (Å²) >= 11 is 0. The van der Waals surface area contributed by atoms with Crippen molar-refractivity contribution in [2.45, 2.75) is 19.4 Å². The van der Waals surface area contributed by atoms with Gasteiger partial charge in [0.25, 0.3) is 0 Å². The monoisotopic (exact) mass is 257 g/mol. The van der Waals surface area contributed by atoms with E-state index in [2.05, 4.69) is 0 Å². The average molecular weight is 257 g/mol. The van der Waals surface area contributed by atoms with Gasteiger partial charge in [0, 0.05) is 13.6 Å². The van der Waals surface area contributed by atoms with Crippen molar-refractivity contribution >= 4 is 10.0 Å². The number of likely N-dealkylation sites (N-methyl/N-ethyl adjacent to an activating group) is 1. The smallest absolute Gasteiger partial charge is 0.214 e. The minimum absolute atomic E-state index is 0.0697. The first-order valence-electron chi connectivity index (χ1n) is 5.58. The second kappa shape index (κ2) is 6.14. The fourth-order valence-electron chi connectivity index (χ4n) is 1.53. The van der Waals surface area contributed by atoms with E-state index >= 15 is 0 Å². The molecule has 0 spiro atoms. The zero-order valence-electron chi connectivity index (χ0n) is 10.2. The second-order valence-electron chi connectivity index (χ2n) is 4.18. The van der Waals surface area contributed by atoms with Gasteiger partial charge in [-0.05, 0) is 18.9 Å². The van der Waals surface area contributed by atoms with E-state index in [-0.39, 0.29) is 12.3 Å². The van der Waals surface area contributed by atoms with Crippen molar-refractivity contribution in [3.8, 4) is 0 Å². The lowest BCUT2D eigenvalue weighted by Gasteiger charge is -2.18.